The summed E-state index contributed by atoms with van der Waals surface area (Å²) in [5.74, 6) is 0. The molecular weight excluding hydrogens is 158 g/mol. The zero-order valence-corrected chi connectivity index (χ0v) is 7.40. The summed E-state index contributed by atoms with van der Waals surface area (Å²) in [7, 11) is 0. The number of benzene rings is 1. The lowest BCUT2D eigenvalue weighted by atomic mass is 9.93. The molecule has 0 spiro atoms. The second-order valence-corrected chi connectivity index (χ2v) is 3.10. The van der Waals surface area contributed by atoms with E-state index in [1.165, 1.54) is 0 Å². The summed E-state index contributed by atoms with van der Waals surface area (Å²) in [4.78, 5) is 0. The average Bonchev–Trinajstić information content (AvgIpc) is 2.18. The van der Waals surface area contributed by atoms with E-state index in [4.69, 9.17) is 7.10 Å². The molecule has 0 heterocycles. The first-order chi connectivity index (χ1) is 6.70. The van der Waals surface area contributed by atoms with Crippen LogP contribution in [0.15, 0.2) is 48.6 Å². The van der Waals surface area contributed by atoms with Crippen LogP contribution in [0.5, 0.6) is 0 Å². The van der Waals surface area contributed by atoms with E-state index in [2.05, 4.69) is 0 Å². The summed E-state index contributed by atoms with van der Waals surface area (Å²) in [6, 6.07) is 8.89. The Bertz CT molecular complexity index is 377. The molecule has 1 aromatic rings. The highest BCUT2D eigenvalue weighted by Gasteiger charge is 2.11. The number of hydrogen-bond acceptors (Lipinski definition) is 1. The molecule has 2 N–H and O–H groups in total. The molecule has 2 rings (SSSR count). The minimum Gasteiger partial charge on any atom is -0.324 e. The lowest BCUT2D eigenvalue weighted by Crippen LogP contribution is -2.22. The maximum Gasteiger partial charge on any atom is 0.0517 e. The number of hydrogen-bond donors (Lipinski definition) is 1. The summed E-state index contributed by atoms with van der Waals surface area (Å²) < 4.78 is 7.98. The molecule has 66 valence electrons. The second-order valence-electron chi connectivity index (χ2n) is 3.10. The fourth-order valence-corrected chi connectivity index (χ4v) is 1.48. The van der Waals surface area contributed by atoms with Gasteiger partial charge in [0.05, 0.1) is 1.37 Å². The molecule has 0 saturated carbocycles. The van der Waals surface area contributed by atoms with Crippen molar-refractivity contribution in [3.8, 4) is 0 Å². The summed E-state index contributed by atoms with van der Waals surface area (Å²) >= 11 is 0. The Kier molecular flexibility index (Phi) is 1.96. The Hall–Kier alpha value is -1.34. The fraction of sp³-hybridized carbons (Fsp3) is 0.167. The smallest absolute Gasteiger partial charge is 0.0517 e. The van der Waals surface area contributed by atoms with Crippen molar-refractivity contribution in [3.05, 3.63) is 54.1 Å². The van der Waals surface area contributed by atoms with Crippen LogP contribution in [0.25, 0.3) is 5.57 Å². The van der Waals surface area contributed by atoms with E-state index in [0.29, 0.717) is 6.42 Å². The highest BCUT2D eigenvalue weighted by atomic mass is 14.6. The third kappa shape index (κ3) is 1.70. The first-order valence-electron chi connectivity index (χ1n) is 4.92. The normalized spacial score (nSPS) is 28.1. The van der Waals surface area contributed by atoms with Crippen molar-refractivity contribution < 1.29 is 1.37 Å². The van der Waals surface area contributed by atoms with Gasteiger partial charge in [0.2, 0.25) is 0 Å². The van der Waals surface area contributed by atoms with Crippen LogP contribution < -0.4 is 5.73 Å². The summed E-state index contributed by atoms with van der Waals surface area (Å²) in [5.41, 5.74) is 7.83. The van der Waals surface area contributed by atoms with Gasteiger partial charge in [0, 0.05) is 6.02 Å². The van der Waals surface area contributed by atoms with Gasteiger partial charge in [-0.1, -0.05) is 48.6 Å². The van der Waals surface area contributed by atoms with Gasteiger partial charge in [0.1, 0.15) is 0 Å². The van der Waals surface area contributed by atoms with E-state index in [9.17, 15) is 0 Å². The minimum absolute atomic E-state index is 0.577. The third-order valence-electron chi connectivity index (χ3n) is 2.17. The topological polar surface area (TPSA) is 26.0 Å². The van der Waals surface area contributed by atoms with Gasteiger partial charge in [-0.05, 0) is 17.6 Å². The molecule has 1 aliphatic carbocycles. The van der Waals surface area contributed by atoms with Gasteiger partial charge in [-0.2, -0.15) is 0 Å². The van der Waals surface area contributed by atoms with E-state index in [1.807, 2.05) is 48.6 Å². The Labute approximate surface area is 80.0 Å². The van der Waals surface area contributed by atoms with Crippen LogP contribution >= 0.6 is 0 Å². The maximum atomic E-state index is 7.98. The average molecular weight is 172 g/mol. The Balaban J connectivity index is 2.43. The van der Waals surface area contributed by atoms with E-state index < -0.39 is 6.02 Å². The monoisotopic (exact) mass is 172 g/mol. The van der Waals surface area contributed by atoms with Crippen LogP contribution in [0.4, 0.5) is 0 Å². The van der Waals surface area contributed by atoms with Crippen molar-refractivity contribution >= 4 is 5.57 Å². The molecule has 0 fully saturated rings. The van der Waals surface area contributed by atoms with Gasteiger partial charge < -0.3 is 5.73 Å². The summed E-state index contributed by atoms with van der Waals surface area (Å²) in [5, 5.41) is 0. The summed E-state index contributed by atoms with van der Waals surface area (Å²) in [6.07, 6.45) is 6.39. The summed E-state index contributed by atoms with van der Waals surface area (Å²) in [6.45, 7) is 0. The molecule has 1 aliphatic rings. The van der Waals surface area contributed by atoms with Crippen LogP contribution in [-0.2, 0) is 0 Å². The van der Waals surface area contributed by atoms with Crippen LogP contribution in [0.1, 0.15) is 13.4 Å². The molecule has 1 unspecified atom stereocenters. The molecule has 1 aromatic carbocycles. The van der Waals surface area contributed by atoms with Gasteiger partial charge in [-0.15, -0.1) is 0 Å². The van der Waals surface area contributed by atoms with Crippen LogP contribution in [-0.4, -0.2) is 6.02 Å². The van der Waals surface area contributed by atoms with E-state index >= 15 is 0 Å². The first-order valence-corrected chi connectivity index (χ1v) is 4.42. The van der Waals surface area contributed by atoms with Crippen LogP contribution in [0.2, 0.25) is 0 Å². The highest BCUT2D eigenvalue weighted by Crippen LogP contribution is 2.21. The van der Waals surface area contributed by atoms with Gasteiger partial charge in [0.15, 0.2) is 0 Å². The standard InChI is InChI=1S/C12H13N/c13-12-9-5-4-8-11(12)10-6-2-1-3-7-10/h1-8,12H,9,13H2/i12D. The Morgan fingerprint density at radius 3 is 2.77 bits per heavy atom. The van der Waals surface area contributed by atoms with Crippen molar-refractivity contribution in [3.63, 3.8) is 0 Å². The number of rotatable bonds is 1. The minimum atomic E-state index is -0.976. The lowest BCUT2D eigenvalue weighted by molar-refractivity contribution is 0.845. The zero-order valence-electron chi connectivity index (χ0n) is 8.40. The molecule has 13 heavy (non-hydrogen) atoms. The molecule has 1 nitrogen and oxygen atoms in total. The molecule has 0 saturated heterocycles. The van der Waals surface area contributed by atoms with Crippen molar-refractivity contribution in [1.82, 2.24) is 0 Å². The van der Waals surface area contributed by atoms with Crippen molar-refractivity contribution in [1.29, 1.82) is 0 Å². The van der Waals surface area contributed by atoms with Gasteiger partial charge in [-0.25, -0.2) is 0 Å². The molecule has 0 amide bonds. The molecule has 0 bridgehead atoms. The van der Waals surface area contributed by atoms with Gasteiger partial charge in [-0.3, -0.25) is 0 Å². The van der Waals surface area contributed by atoms with Crippen molar-refractivity contribution in [2.75, 3.05) is 0 Å². The Morgan fingerprint density at radius 1 is 1.31 bits per heavy atom. The molecule has 1 heteroatoms. The van der Waals surface area contributed by atoms with E-state index in [1.54, 1.807) is 0 Å². The quantitative estimate of drug-likeness (QED) is 0.691. The third-order valence-corrected chi connectivity index (χ3v) is 2.17. The molecule has 0 radical (unpaired) electrons. The molecular formula is C12H13N. The molecule has 1 atom stereocenters. The number of nitrogens with two attached hydrogens (primary N) is 1. The highest BCUT2D eigenvalue weighted by molar-refractivity contribution is 5.71. The van der Waals surface area contributed by atoms with Gasteiger partial charge in [0.25, 0.3) is 0 Å². The Morgan fingerprint density at radius 2 is 2.08 bits per heavy atom. The molecule has 0 aromatic heterocycles. The lowest BCUT2D eigenvalue weighted by Gasteiger charge is -2.17. The molecule has 0 aliphatic heterocycles. The van der Waals surface area contributed by atoms with Crippen LogP contribution in [0.3, 0.4) is 0 Å². The van der Waals surface area contributed by atoms with Crippen molar-refractivity contribution in [2.24, 2.45) is 5.73 Å². The first kappa shape index (κ1) is 7.10. The van der Waals surface area contributed by atoms with Crippen molar-refractivity contribution in [2.45, 2.75) is 12.4 Å². The predicted octanol–water partition coefficient (Wildman–Crippen LogP) is 2.36. The van der Waals surface area contributed by atoms with Crippen LogP contribution in [0, 0.1) is 0 Å². The largest absolute Gasteiger partial charge is 0.324 e. The maximum absolute atomic E-state index is 7.98. The second kappa shape index (κ2) is 3.58. The zero-order chi connectivity index (χ0) is 10.0. The fourth-order valence-electron chi connectivity index (χ4n) is 1.48. The predicted molar refractivity (Wildman–Crippen MR) is 56.2 cm³/mol. The SMILES string of the molecule is [2H]C1(N)CC=CC=C1c1ccccc1. The van der Waals surface area contributed by atoms with Gasteiger partial charge >= 0.3 is 0 Å². The van der Waals surface area contributed by atoms with E-state index in [-0.39, 0.29) is 0 Å². The van der Waals surface area contributed by atoms with E-state index in [0.717, 1.165) is 11.1 Å². The number of allylic oxidation sites excluding steroid dienone is 2.